The fourth-order valence-corrected chi connectivity index (χ4v) is 2.28. The van der Waals surface area contributed by atoms with Gasteiger partial charge in [0, 0.05) is 11.8 Å². The van der Waals surface area contributed by atoms with Crippen molar-refractivity contribution in [2.45, 2.75) is 52.6 Å². The van der Waals surface area contributed by atoms with Crippen molar-refractivity contribution in [3.8, 4) is 0 Å². The Hall–Kier alpha value is -0.900. The Kier molecular flexibility index (Phi) is 5.32. The van der Waals surface area contributed by atoms with Gasteiger partial charge in [-0.25, -0.2) is 4.79 Å². The van der Waals surface area contributed by atoms with Crippen LogP contribution in [0.2, 0.25) is 0 Å². The van der Waals surface area contributed by atoms with Gasteiger partial charge in [0.25, 0.3) is 0 Å². The van der Waals surface area contributed by atoms with E-state index >= 15 is 0 Å². The molecule has 1 aliphatic rings. The number of nitrogens with one attached hydrogen (secondary N) is 1. The summed E-state index contributed by atoms with van der Waals surface area (Å²) in [5, 5.41) is 3.28. The molecule has 4 nitrogen and oxygen atoms in total. The number of esters is 1. The van der Waals surface area contributed by atoms with Crippen LogP contribution in [0.1, 0.15) is 47.0 Å². The summed E-state index contributed by atoms with van der Waals surface area (Å²) < 4.78 is 5.45. The van der Waals surface area contributed by atoms with Crippen LogP contribution in [0.15, 0.2) is 0 Å². The summed E-state index contributed by atoms with van der Waals surface area (Å²) in [6.45, 7) is 9.38. The fourth-order valence-electron chi connectivity index (χ4n) is 2.28. The van der Waals surface area contributed by atoms with Crippen LogP contribution in [-0.2, 0) is 14.3 Å². The SMILES string of the molecule is CCC(C)C(=O)C(=O)OC(C)(C)C1CCNCC1. The van der Waals surface area contributed by atoms with E-state index in [1.54, 1.807) is 6.92 Å². The van der Waals surface area contributed by atoms with Gasteiger partial charge in [-0.05, 0) is 46.2 Å². The standard InChI is InChI=1S/C14H25NO3/c1-5-10(2)12(16)13(17)18-14(3,4)11-6-8-15-9-7-11/h10-11,15H,5-9H2,1-4H3. The van der Waals surface area contributed by atoms with Gasteiger partial charge in [-0.3, -0.25) is 4.79 Å². The molecule has 1 rings (SSSR count). The number of carbonyl (C=O) groups is 2. The molecule has 1 atom stereocenters. The van der Waals surface area contributed by atoms with Crippen molar-refractivity contribution in [3.05, 3.63) is 0 Å². The third-order valence-electron chi connectivity index (χ3n) is 3.94. The zero-order chi connectivity index (χ0) is 13.8. The lowest BCUT2D eigenvalue weighted by Crippen LogP contribution is -2.44. The smallest absolute Gasteiger partial charge is 0.375 e. The molecule has 0 aromatic carbocycles. The van der Waals surface area contributed by atoms with Gasteiger partial charge >= 0.3 is 5.97 Å². The largest absolute Gasteiger partial charge is 0.454 e. The molecule has 0 bridgehead atoms. The van der Waals surface area contributed by atoms with Crippen molar-refractivity contribution < 1.29 is 14.3 Å². The Labute approximate surface area is 109 Å². The summed E-state index contributed by atoms with van der Waals surface area (Å²) in [5.74, 6) is -0.999. The number of piperidine rings is 1. The molecule has 0 amide bonds. The monoisotopic (exact) mass is 255 g/mol. The minimum atomic E-state index is -0.673. The molecule has 0 saturated carbocycles. The summed E-state index contributed by atoms with van der Waals surface area (Å²) in [6, 6.07) is 0. The van der Waals surface area contributed by atoms with Crippen molar-refractivity contribution in [3.63, 3.8) is 0 Å². The second kappa shape index (κ2) is 6.32. The number of carbonyl (C=O) groups excluding carboxylic acids is 2. The normalized spacial score (nSPS) is 19.3. The lowest BCUT2D eigenvalue weighted by molar-refractivity contribution is -0.170. The third kappa shape index (κ3) is 3.80. The number of hydrogen-bond donors (Lipinski definition) is 1. The Morgan fingerprint density at radius 1 is 1.33 bits per heavy atom. The Morgan fingerprint density at radius 2 is 1.89 bits per heavy atom. The highest BCUT2D eigenvalue weighted by atomic mass is 16.6. The molecule has 1 N–H and O–H groups in total. The van der Waals surface area contributed by atoms with Crippen molar-refractivity contribution in [1.29, 1.82) is 0 Å². The maximum atomic E-state index is 11.8. The highest BCUT2D eigenvalue weighted by molar-refractivity contribution is 6.34. The highest BCUT2D eigenvalue weighted by Gasteiger charge is 2.36. The molecular formula is C14H25NO3. The number of Topliss-reactive ketones (excluding diaryl/α,β-unsaturated/α-hetero) is 1. The first-order valence-electron chi connectivity index (χ1n) is 6.86. The lowest BCUT2D eigenvalue weighted by atomic mass is 9.83. The molecule has 1 fully saturated rings. The molecule has 0 spiro atoms. The van der Waals surface area contributed by atoms with E-state index in [1.165, 1.54) is 0 Å². The molecule has 1 heterocycles. The van der Waals surface area contributed by atoms with E-state index in [9.17, 15) is 9.59 Å². The molecule has 18 heavy (non-hydrogen) atoms. The van der Waals surface area contributed by atoms with Gasteiger partial charge < -0.3 is 10.1 Å². The van der Waals surface area contributed by atoms with Crippen LogP contribution in [0.3, 0.4) is 0 Å². The van der Waals surface area contributed by atoms with E-state index < -0.39 is 17.4 Å². The van der Waals surface area contributed by atoms with Gasteiger partial charge in [0.1, 0.15) is 5.60 Å². The van der Waals surface area contributed by atoms with Gasteiger partial charge in [-0.1, -0.05) is 13.8 Å². The zero-order valence-corrected chi connectivity index (χ0v) is 11.9. The van der Waals surface area contributed by atoms with Crippen molar-refractivity contribution in [2.75, 3.05) is 13.1 Å². The van der Waals surface area contributed by atoms with Crippen LogP contribution < -0.4 is 5.32 Å². The number of ketones is 1. The minimum Gasteiger partial charge on any atom is -0.454 e. The summed E-state index contributed by atoms with van der Waals surface area (Å²) in [7, 11) is 0. The van der Waals surface area contributed by atoms with Gasteiger partial charge in [0.05, 0.1) is 0 Å². The van der Waals surface area contributed by atoms with Crippen LogP contribution in [-0.4, -0.2) is 30.4 Å². The topological polar surface area (TPSA) is 55.4 Å². The average Bonchev–Trinajstić information content (AvgIpc) is 2.37. The van der Waals surface area contributed by atoms with E-state index in [0.717, 1.165) is 25.9 Å². The average molecular weight is 255 g/mol. The van der Waals surface area contributed by atoms with E-state index in [0.29, 0.717) is 12.3 Å². The van der Waals surface area contributed by atoms with Crippen LogP contribution >= 0.6 is 0 Å². The first-order valence-corrected chi connectivity index (χ1v) is 6.86. The Bertz CT molecular complexity index is 306. The molecule has 104 valence electrons. The Morgan fingerprint density at radius 3 is 2.39 bits per heavy atom. The molecule has 0 aromatic rings. The van der Waals surface area contributed by atoms with E-state index in [2.05, 4.69) is 5.32 Å². The van der Waals surface area contributed by atoms with Crippen molar-refractivity contribution in [2.24, 2.45) is 11.8 Å². The van der Waals surface area contributed by atoms with E-state index in [1.807, 2.05) is 20.8 Å². The van der Waals surface area contributed by atoms with Crippen molar-refractivity contribution >= 4 is 11.8 Å². The summed E-state index contributed by atoms with van der Waals surface area (Å²) >= 11 is 0. The Balaban J connectivity index is 2.58. The molecule has 0 aromatic heterocycles. The summed E-state index contributed by atoms with van der Waals surface area (Å²) in [6.07, 6.45) is 2.64. The second-order valence-electron chi connectivity index (χ2n) is 5.69. The number of ether oxygens (including phenoxy) is 1. The predicted molar refractivity (Wildman–Crippen MR) is 70.2 cm³/mol. The molecule has 1 aliphatic heterocycles. The molecular weight excluding hydrogens is 230 g/mol. The zero-order valence-electron chi connectivity index (χ0n) is 11.9. The maximum Gasteiger partial charge on any atom is 0.375 e. The maximum absolute atomic E-state index is 11.8. The fraction of sp³-hybridized carbons (Fsp3) is 0.857. The molecule has 0 aliphatic carbocycles. The van der Waals surface area contributed by atoms with Gasteiger partial charge in [-0.15, -0.1) is 0 Å². The predicted octanol–water partition coefficient (Wildman–Crippen LogP) is 1.92. The molecule has 1 unspecified atom stereocenters. The van der Waals surface area contributed by atoms with Crippen LogP contribution in [0, 0.1) is 11.8 Å². The van der Waals surface area contributed by atoms with Gasteiger partial charge in [-0.2, -0.15) is 0 Å². The van der Waals surface area contributed by atoms with E-state index in [4.69, 9.17) is 4.74 Å². The lowest BCUT2D eigenvalue weighted by Gasteiger charge is -2.36. The highest BCUT2D eigenvalue weighted by Crippen LogP contribution is 2.29. The van der Waals surface area contributed by atoms with E-state index in [-0.39, 0.29) is 5.92 Å². The van der Waals surface area contributed by atoms with Crippen LogP contribution in [0.4, 0.5) is 0 Å². The third-order valence-corrected chi connectivity index (χ3v) is 3.94. The molecule has 1 saturated heterocycles. The van der Waals surface area contributed by atoms with Crippen LogP contribution in [0.5, 0.6) is 0 Å². The number of hydrogen-bond acceptors (Lipinski definition) is 4. The summed E-state index contributed by atoms with van der Waals surface area (Å²) in [4.78, 5) is 23.6. The molecule has 4 heteroatoms. The first kappa shape index (κ1) is 15.2. The minimum absolute atomic E-state index is 0.249. The number of rotatable bonds is 5. The second-order valence-corrected chi connectivity index (χ2v) is 5.69. The molecule has 0 radical (unpaired) electrons. The van der Waals surface area contributed by atoms with Crippen molar-refractivity contribution in [1.82, 2.24) is 5.32 Å². The summed E-state index contributed by atoms with van der Waals surface area (Å²) in [5.41, 5.74) is -0.553. The van der Waals surface area contributed by atoms with Gasteiger partial charge in [0.2, 0.25) is 5.78 Å². The first-order chi connectivity index (χ1) is 8.38. The van der Waals surface area contributed by atoms with Crippen LogP contribution in [0.25, 0.3) is 0 Å². The quantitative estimate of drug-likeness (QED) is 0.602. The van der Waals surface area contributed by atoms with Gasteiger partial charge in [0.15, 0.2) is 0 Å².